The third-order valence-electron chi connectivity index (χ3n) is 2.88. The predicted molar refractivity (Wildman–Crippen MR) is 73.7 cm³/mol. The quantitative estimate of drug-likeness (QED) is 0.804. The van der Waals surface area contributed by atoms with Crippen LogP contribution >= 0.6 is 0 Å². The molecule has 0 aromatic heterocycles. The Hall–Kier alpha value is -2.22. The minimum atomic E-state index is -0.0664. The molecule has 0 saturated carbocycles. The molecule has 18 heavy (non-hydrogen) atoms. The molecule has 2 heteroatoms. The Kier molecular flexibility index (Phi) is 3.68. The number of hydrogen-bond donors (Lipinski definition) is 2. The van der Waals surface area contributed by atoms with Gasteiger partial charge >= 0.3 is 0 Å². The Morgan fingerprint density at radius 2 is 1.67 bits per heavy atom. The van der Waals surface area contributed by atoms with Gasteiger partial charge in [-0.3, -0.25) is 0 Å². The van der Waals surface area contributed by atoms with E-state index in [9.17, 15) is 10.2 Å². The van der Waals surface area contributed by atoms with Gasteiger partial charge in [0.15, 0.2) is 11.5 Å². The lowest BCUT2D eigenvalue weighted by Gasteiger charge is -2.05. The van der Waals surface area contributed by atoms with Gasteiger partial charge in [-0.25, -0.2) is 0 Å². The van der Waals surface area contributed by atoms with Gasteiger partial charge in [0.25, 0.3) is 0 Å². The molecule has 0 saturated heterocycles. The molecule has 0 aliphatic carbocycles. The lowest BCUT2D eigenvalue weighted by atomic mass is 10.0. The van der Waals surface area contributed by atoms with Gasteiger partial charge < -0.3 is 10.2 Å². The van der Waals surface area contributed by atoms with Gasteiger partial charge in [-0.15, -0.1) is 0 Å². The summed E-state index contributed by atoms with van der Waals surface area (Å²) in [4.78, 5) is 0. The van der Waals surface area contributed by atoms with Gasteiger partial charge in [0.1, 0.15) is 0 Å². The third-order valence-corrected chi connectivity index (χ3v) is 2.88. The van der Waals surface area contributed by atoms with E-state index in [1.54, 1.807) is 12.1 Å². The summed E-state index contributed by atoms with van der Waals surface area (Å²) in [5.41, 5.74) is 3.14. The van der Waals surface area contributed by atoms with Crippen molar-refractivity contribution in [3.63, 3.8) is 0 Å². The van der Waals surface area contributed by atoms with Crippen LogP contribution in [-0.4, -0.2) is 10.2 Å². The van der Waals surface area contributed by atoms with Crippen LogP contribution < -0.4 is 0 Å². The molecular weight excluding hydrogens is 224 g/mol. The Labute approximate surface area is 107 Å². The summed E-state index contributed by atoms with van der Waals surface area (Å²) in [6.45, 7) is 1.92. The summed E-state index contributed by atoms with van der Waals surface area (Å²) in [5.74, 6) is -0.132. The maximum atomic E-state index is 9.47. The van der Waals surface area contributed by atoms with Crippen LogP contribution in [0, 0.1) is 6.92 Å². The first-order valence-electron chi connectivity index (χ1n) is 5.90. The molecule has 2 nitrogen and oxygen atoms in total. The Bertz CT molecular complexity index is 557. The summed E-state index contributed by atoms with van der Waals surface area (Å²) in [6.07, 6.45) is 4.83. The minimum absolute atomic E-state index is 0.0660. The second-order valence-corrected chi connectivity index (χ2v) is 4.28. The van der Waals surface area contributed by atoms with E-state index in [-0.39, 0.29) is 11.5 Å². The van der Waals surface area contributed by atoms with Crippen LogP contribution in [-0.2, 0) is 6.42 Å². The zero-order chi connectivity index (χ0) is 13.0. The van der Waals surface area contributed by atoms with E-state index in [1.165, 1.54) is 0 Å². The molecule has 0 spiro atoms. The first kappa shape index (κ1) is 12.2. The summed E-state index contributed by atoms with van der Waals surface area (Å²) < 4.78 is 0. The zero-order valence-corrected chi connectivity index (χ0v) is 10.3. The molecule has 92 valence electrons. The second-order valence-electron chi connectivity index (χ2n) is 4.28. The van der Waals surface area contributed by atoms with Crippen LogP contribution in [0.2, 0.25) is 0 Å². The normalized spacial score (nSPS) is 10.9. The van der Waals surface area contributed by atoms with E-state index in [4.69, 9.17) is 0 Å². The van der Waals surface area contributed by atoms with Crippen molar-refractivity contribution in [2.45, 2.75) is 13.3 Å². The molecule has 0 unspecified atom stereocenters. The van der Waals surface area contributed by atoms with Crippen molar-refractivity contribution in [2.75, 3.05) is 0 Å². The average Bonchev–Trinajstić information content (AvgIpc) is 2.37. The van der Waals surface area contributed by atoms with Gasteiger partial charge in [0.2, 0.25) is 0 Å². The summed E-state index contributed by atoms with van der Waals surface area (Å²) in [5, 5.41) is 18.8. The number of hydrogen-bond acceptors (Lipinski definition) is 2. The van der Waals surface area contributed by atoms with Crippen LogP contribution in [0.25, 0.3) is 6.08 Å². The molecule has 0 aliphatic rings. The monoisotopic (exact) mass is 240 g/mol. The number of rotatable bonds is 3. The first-order valence-corrected chi connectivity index (χ1v) is 5.90. The van der Waals surface area contributed by atoms with Crippen molar-refractivity contribution in [1.29, 1.82) is 0 Å². The largest absolute Gasteiger partial charge is 0.504 e. The number of allylic oxidation sites excluding steroid dienone is 1. The van der Waals surface area contributed by atoms with Crippen LogP contribution in [0.15, 0.2) is 48.5 Å². The number of aryl methyl sites for hydroxylation is 1. The van der Waals surface area contributed by atoms with Crippen molar-refractivity contribution in [3.05, 3.63) is 65.2 Å². The number of aromatic hydroxyl groups is 2. The fourth-order valence-electron chi connectivity index (χ4n) is 1.83. The summed E-state index contributed by atoms with van der Waals surface area (Å²) >= 11 is 0. The number of phenolic OH excluding ortho intramolecular Hbond substituents is 2. The lowest BCUT2D eigenvalue weighted by Crippen LogP contribution is -1.87. The highest BCUT2D eigenvalue weighted by atomic mass is 16.3. The van der Waals surface area contributed by atoms with E-state index in [1.807, 2.05) is 49.4 Å². The van der Waals surface area contributed by atoms with E-state index in [0.29, 0.717) is 0 Å². The molecule has 0 amide bonds. The van der Waals surface area contributed by atoms with Crippen molar-refractivity contribution in [3.8, 4) is 11.5 Å². The zero-order valence-electron chi connectivity index (χ0n) is 10.3. The topological polar surface area (TPSA) is 40.5 Å². The van der Waals surface area contributed by atoms with Gasteiger partial charge in [-0.2, -0.15) is 0 Å². The molecule has 0 radical (unpaired) electrons. The highest BCUT2D eigenvalue weighted by Crippen LogP contribution is 2.28. The third kappa shape index (κ3) is 2.92. The SMILES string of the molecule is Cc1cc(O)c(O)cc1C/C=C/c1ccccc1. The standard InChI is InChI=1S/C16H16O2/c1-12-10-15(17)16(18)11-14(12)9-5-8-13-6-3-2-4-7-13/h2-8,10-11,17-18H,9H2,1H3/b8-5+. The fraction of sp³-hybridized carbons (Fsp3) is 0.125. The maximum absolute atomic E-state index is 9.47. The van der Waals surface area contributed by atoms with Crippen LogP contribution in [0.3, 0.4) is 0 Å². The first-order chi connectivity index (χ1) is 8.66. The van der Waals surface area contributed by atoms with Gasteiger partial charge in [-0.1, -0.05) is 42.5 Å². The highest BCUT2D eigenvalue weighted by Gasteiger charge is 2.03. The smallest absolute Gasteiger partial charge is 0.157 e. The van der Waals surface area contributed by atoms with Crippen molar-refractivity contribution < 1.29 is 10.2 Å². The molecule has 0 atom stereocenters. The highest BCUT2D eigenvalue weighted by molar-refractivity contribution is 5.51. The Morgan fingerprint density at radius 1 is 1.00 bits per heavy atom. The number of benzene rings is 2. The molecule has 0 heterocycles. The molecular formula is C16H16O2. The van der Waals surface area contributed by atoms with Crippen molar-refractivity contribution in [1.82, 2.24) is 0 Å². The molecule has 0 aliphatic heterocycles. The van der Waals surface area contributed by atoms with E-state index in [2.05, 4.69) is 0 Å². The Balaban J connectivity index is 2.11. The molecule has 2 rings (SSSR count). The van der Waals surface area contributed by atoms with Crippen molar-refractivity contribution >= 4 is 6.08 Å². The van der Waals surface area contributed by atoms with Crippen LogP contribution in [0.4, 0.5) is 0 Å². The molecule has 2 N–H and O–H groups in total. The predicted octanol–water partition coefficient (Wildman–Crippen LogP) is 3.66. The second kappa shape index (κ2) is 5.41. The van der Waals surface area contributed by atoms with E-state index in [0.717, 1.165) is 23.1 Å². The van der Waals surface area contributed by atoms with Gasteiger partial charge in [-0.05, 0) is 42.2 Å². The lowest BCUT2D eigenvalue weighted by molar-refractivity contribution is 0.403. The van der Waals surface area contributed by atoms with Gasteiger partial charge in [0.05, 0.1) is 0 Å². The molecule has 0 bridgehead atoms. The molecule has 2 aromatic carbocycles. The average molecular weight is 240 g/mol. The summed E-state index contributed by atoms with van der Waals surface area (Å²) in [6, 6.07) is 13.3. The Morgan fingerprint density at radius 3 is 2.39 bits per heavy atom. The van der Waals surface area contributed by atoms with Crippen LogP contribution in [0.5, 0.6) is 11.5 Å². The van der Waals surface area contributed by atoms with E-state index >= 15 is 0 Å². The number of phenols is 2. The van der Waals surface area contributed by atoms with E-state index < -0.39 is 0 Å². The van der Waals surface area contributed by atoms with Crippen molar-refractivity contribution in [2.24, 2.45) is 0 Å². The fourth-order valence-corrected chi connectivity index (χ4v) is 1.83. The molecule has 0 fully saturated rings. The van der Waals surface area contributed by atoms with Crippen LogP contribution in [0.1, 0.15) is 16.7 Å². The maximum Gasteiger partial charge on any atom is 0.157 e. The molecule has 2 aromatic rings. The summed E-state index contributed by atoms with van der Waals surface area (Å²) in [7, 11) is 0. The van der Waals surface area contributed by atoms with Gasteiger partial charge in [0, 0.05) is 0 Å². The minimum Gasteiger partial charge on any atom is -0.504 e.